The second-order valence-electron chi connectivity index (χ2n) is 5.43. The fraction of sp³-hybridized carbons (Fsp3) is 1.00. The molecule has 0 unspecified atom stereocenters. The molecule has 24 heavy (non-hydrogen) atoms. The van der Waals surface area contributed by atoms with Gasteiger partial charge in [-0.1, -0.05) is 90.9 Å². The van der Waals surface area contributed by atoms with Crippen LogP contribution in [0.5, 0.6) is 0 Å². The van der Waals surface area contributed by atoms with Crippen molar-refractivity contribution in [3.05, 3.63) is 0 Å². The van der Waals surface area contributed by atoms with E-state index < -0.39 is 10.4 Å². The molecule has 0 aromatic heterocycles. The fourth-order valence-electron chi connectivity index (χ4n) is 1.91. The second-order valence-corrected chi connectivity index (χ2v) is 6.33. The van der Waals surface area contributed by atoms with E-state index in [1.165, 1.54) is 77.0 Å². The zero-order valence-electron chi connectivity index (χ0n) is 14.9. The minimum absolute atomic E-state index is 0. The normalized spacial score (nSPS) is 9.92. The molecule has 0 saturated carbocycles. The molecule has 0 heterocycles. The van der Waals surface area contributed by atoms with Crippen molar-refractivity contribution in [2.75, 3.05) is 13.2 Å². The van der Waals surface area contributed by atoms with Crippen molar-refractivity contribution >= 4 is 40.0 Å². The van der Waals surface area contributed by atoms with Crippen LogP contribution >= 0.6 is 0 Å². The van der Waals surface area contributed by atoms with Gasteiger partial charge in [0.05, 0.1) is 13.2 Å². The van der Waals surface area contributed by atoms with Gasteiger partial charge in [0.1, 0.15) is 0 Å². The van der Waals surface area contributed by atoms with Crippen LogP contribution in [0.2, 0.25) is 0 Å². The molecule has 4 N–H and O–H groups in total. The Labute approximate surface area is 171 Å². The van der Waals surface area contributed by atoms with Crippen LogP contribution in [0.4, 0.5) is 0 Å². The second kappa shape index (κ2) is 28.6. The Balaban J connectivity index is -0.000000166. The number of unbranched alkanes of at least 4 members (excludes halogenated alkanes) is 11. The SMILES string of the molecule is CCCCCCCCCCCCCC.O=S(=O)(O)O.OCCO.[NaH]. The van der Waals surface area contributed by atoms with Crippen molar-refractivity contribution < 1.29 is 27.7 Å². The maximum absolute atomic E-state index is 8.74. The quantitative estimate of drug-likeness (QED) is 0.234. The molecule has 6 nitrogen and oxygen atoms in total. The molecular weight excluding hydrogens is 343 g/mol. The number of hydrogen-bond donors (Lipinski definition) is 4. The third-order valence-electron chi connectivity index (χ3n) is 3.06. The summed E-state index contributed by atoms with van der Waals surface area (Å²) in [6.07, 6.45) is 17.4. The third kappa shape index (κ3) is 66.1. The first kappa shape index (κ1) is 32.5. The minimum atomic E-state index is -4.67. The number of rotatable bonds is 12. The Bertz CT molecular complexity index is 264. The molecule has 0 aliphatic heterocycles. The monoisotopic (exact) mass is 382 g/mol. The van der Waals surface area contributed by atoms with Crippen LogP contribution in [-0.2, 0) is 10.4 Å². The maximum atomic E-state index is 8.74. The van der Waals surface area contributed by atoms with Gasteiger partial charge in [0.25, 0.3) is 0 Å². The predicted molar refractivity (Wildman–Crippen MR) is 102 cm³/mol. The van der Waals surface area contributed by atoms with Gasteiger partial charge in [-0.15, -0.1) is 0 Å². The average Bonchev–Trinajstić information content (AvgIpc) is 2.48. The van der Waals surface area contributed by atoms with E-state index in [-0.39, 0.29) is 42.8 Å². The summed E-state index contributed by atoms with van der Waals surface area (Å²) in [4.78, 5) is 0. The van der Waals surface area contributed by atoms with E-state index in [9.17, 15) is 0 Å². The Morgan fingerprint density at radius 3 is 0.875 bits per heavy atom. The standard InChI is InChI=1S/C14H30.C2H6O2.Na.H2O4S.H/c1-3-5-7-9-11-13-14-12-10-8-6-4-2;3-1-2-4;;1-5(2,3)4;/h3-14H2,1-2H3;3-4H,1-2H2;;(H2,1,2,3,4);. The molecule has 0 bridgehead atoms. The van der Waals surface area contributed by atoms with Gasteiger partial charge in [0.15, 0.2) is 0 Å². The van der Waals surface area contributed by atoms with Crippen molar-refractivity contribution in [1.29, 1.82) is 0 Å². The van der Waals surface area contributed by atoms with Gasteiger partial charge in [0, 0.05) is 0 Å². The van der Waals surface area contributed by atoms with E-state index in [0.717, 1.165) is 0 Å². The summed E-state index contributed by atoms with van der Waals surface area (Å²) >= 11 is 0. The van der Waals surface area contributed by atoms with Crippen molar-refractivity contribution in [2.24, 2.45) is 0 Å². The molecule has 0 spiro atoms. The first-order valence-electron chi connectivity index (χ1n) is 8.75. The summed E-state index contributed by atoms with van der Waals surface area (Å²) in [5.41, 5.74) is 0. The summed E-state index contributed by atoms with van der Waals surface area (Å²) in [5, 5.41) is 15.2. The summed E-state index contributed by atoms with van der Waals surface area (Å²) < 4.78 is 31.6. The Hall–Kier alpha value is 0.790. The van der Waals surface area contributed by atoms with Gasteiger partial charge in [-0.05, 0) is 0 Å². The zero-order chi connectivity index (χ0) is 18.4. The summed E-state index contributed by atoms with van der Waals surface area (Å²) in [5.74, 6) is 0. The van der Waals surface area contributed by atoms with Gasteiger partial charge >= 0.3 is 40.0 Å². The molecule has 0 aromatic rings. The van der Waals surface area contributed by atoms with E-state index >= 15 is 0 Å². The van der Waals surface area contributed by atoms with Crippen LogP contribution < -0.4 is 0 Å². The van der Waals surface area contributed by atoms with E-state index in [4.69, 9.17) is 27.7 Å². The molecule has 8 heteroatoms. The molecular formula is C16H39NaO6S. The van der Waals surface area contributed by atoms with Gasteiger partial charge in [0.2, 0.25) is 0 Å². The number of aliphatic hydroxyl groups is 2. The van der Waals surface area contributed by atoms with Gasteiger partial charge < -0.3 is 10.2 Å². The molecule has 0 aliphatic rings. The van der Waals surface area contributed by atoms with E-state index in [1.807, 2.05) is 0 Å². The van der Waals surface area contributed by atoms with Gasteiger partial charge in [-0.25, -0.2) is 0 Å². The van der Waals surface area contributed by atoms with Crippen LogP contribution in [0.1, 0.15) is 90.9 Å². The molecule has 0 fully saturated rings. The first-order valence-corrected chi connectivity index (χ1v) is 10.1. The van der Waals surface area contributed by atoms with Crippen LogP contribution in [0, 0.1) is 0 Å². The molecule has 146 valence electrons. The summed E-state index contributed by atoms with van der Waals surface area (Å²) in [6, 6.07) is 0. The van der Waals surface area contributed by atoms with Crippen LogP contribution in [-0.4, -0.2) is 70.5 Å². The van der Waals surface area contributed by atoms with Crippen molar-refractivity contribution in [3.63, 3.8) is 0 Å². The first-order chi connectivity index (χ1) is 10.8. The van der Waals surface area contributed by atoms with E-state index in [0.29, 0.717) is 0 Å². The number of aliphatic hydroxyl groups excluding tert-OH is 2. The predicted octanol–water partition coefficient (Wildman–Crippen LogP) is 3.38. The molecule has 0 saturated heterocycles. The Kier molecular flexibility index (Phi) is 38.7. The van der Waals surface area contributed by atoms with Crippen molar-refractivity contribution in [3.8, 4) is 0 Å². The van der Waals surface area contributed by atoms with Gasteiger partial charge in [-0.3, -0.25) is 9.11 Å². The van der Waals surface area contributed by atoms with Crippen molar-refractivity contribution in [2.45, 2.75) is 90.9 Å². The third-order valence-corrected chi connectivity index (χ3v) is 3.06. The van der Waals surface area contributed by atoms with Crippen LogP contribution in [0.25, 0.3) is 0 Å². The van der Waals surface area contributed by atoms with Crippen LogP contribution in [0.15, 0.2) is 0 Å². The Morgan fingerprint density at radius 1 is 0.583 bits per heavy atom. The molecule has 0 aromatic carbocycles. The molecule has 0 aliphatic carbocycles. The fourth-order valence-corrected chi connectivity index (χ4v) is 1.91. The van der Waals surface area contributed by atoms with Crippen LogP contribution in [0.3, 0.4) is 0 Å². The zero-order valence-corrected chi connectivity index (χ0v) is 15.7. The van der Waals surface area contributed by atoms with E-state index in [1.54, 1.807) is 0 Å². The summed E-state index contributed by atoms with van der Waals surface area (Å²) in [7, 11) is -4.67. The number of hydrogen-bond acceptors (Lipinski definition) is 4. The van der Waals surface area contributed by atoms with E-state index in [2.05, 4.69) is 13.8 Å². The van der Waals surface area contributed by atoms with Gasteiger partial charge in [-0.2, -0.15) is 8.42 Å². The molecule has 0 radical (unpaired) electrons. The molecule has 0 amide bonds. The van der Waals surface area contributed by atoms with Crippen molar-refractivity contribution in [1.82, 2.24) is 0 Å². The topological polar surface area (TPSA) is 115 Å². The molecule has 0 rings (SSSR count). The Morgan fingerprint density at radius 2 is 0.750 bits per heavy atom. The summed E-state index contributed by atoms with van der Waals surface area (Å²) in [6.45, 7) is 4.32. The average molecular weight is 383 g/mol. The molecule has 0 atom stereocenters.